The molecule has 1 fully saturated rings. The number of halogens is 1. The second-order valence-corrected chi connectivity index (χ2v) is 8.31. The number of amides is 1. The summed E-state index contributed by atoms with van der Waals surface area (Å²) in [5.74, 6) is 0.706. The molecule has 2 rings (SSSR count). The summed E-state index contributed by atoms with van der Waals surface area (Å²) in [4.78, 5) is 24.7. The summed E-state index contributed by atoms with van der Waals surface area (Å²) >= 11 is 4.77. The molecule has 1 saturated carbocycles. The molecule has 6 heteroatoms. The van der Waals surface area contributed by atoms with Crippen molar-refractivity contribution in [3.05, 3.63) is 28.7 Å². The van der Waals surface area contributed by atoms with E-state index in [9.17, 15) is 9.59 Å². The zero-order valence-electron chi connectivity index (χ0n) is 14.1. The SMILES string of the molecule is C[C@@H]1[C@H](C)CCC[C@H]1NC(=O)COC(=O)CSc1ccc(Br)cc1. The molecule has 1 amide bonds. The average Bonchev–Trinajstić information content (AvgIpc) is 2.56. The summed E-state index contributed by atoms with van der Waals surface area (Å²) in [5, 5.41) is 3.01. The highest BCUT2D eigenvalue weighted by molar-refractivity contribution is 9.10. The van der Waals surface area contributed by atoms with Gasteiger partial charge < -0.3 is 10.1 Å². The molecule has 3 atom stereocenters. The van der Waals surface area contributed by atoms with Gasteiger partial charge in [0.2, 0.25) is 0 Å². The van der Waals surface area contributed by atoms with Gasteiger partial charge in [-0.15, -0.1) is 11.8 Å². The quantitative estimate of drug-likeness (QED) is 0.564. The van der Waals surface area contributed by atoms with E-state index in [0.29, 0.717) is 11.8 Å². The van der Waals surface area contributed by atoms with E-state index in [-0.39, 0.29) is 30.3 Å². The number of benzene rings is 1. The highest BCUT2D eigenvalue weighted by Crippen LogP contribution is 2.29. The molecule has 0 aromatic heterocycles. The summed E-state index contributed by atoms with van der Waals surface area (Å²) in [6, 6.07) is 7.90. The third kappa shape index (κ3) is 6.13. The molecular weight excluding hydrogens is 390 g/mol. The minimum absolute atomic E-state index is 0.192. The number of esters is 1. The number of ether oxygens (including phenoxy) is 1. The minimum atomic E-state index is -0.372. The molecule has 0 saturated heterocycles. The monoisotopic (exact) mass is 413 g/mol. The van der Waals surface area contributed by atoms with Crippen molar-refractivity contribution in [2.24, 2.45) is 11.8 Å². The number of thioether (sulfide) groups is 1. The summed E-state index contributed by atoms with van der Waals surface area (Å²) in [7, 11) is 0. The maximum absolute atomic E-state index is 12.0. The topological polar surface area (TPSA) is 55.4 Å². The predicted molar refractivity (Wildman–Crippen MR) is 99.9 cm³/mol. The van der Waals surface area contributed by atoms with Crippen molar-refractivity contribution in [2.45, 2.75) is 44.0 Å². The van der Waals surface area contributed by atoms with Crippen molar-refractivity contribution in [1.29, 1.82) is 0 Å². The van der Waals surface area contributed by atoms with E-state index in [2.05, 4.69) is 35.1 Å². The molecule has 4 nitrogen and oxygen atoms in total. The predicted octanol–water partition coefficient (Wildman–Crippen LogP) is 4.03. The standard InChI is InChI=1S/C18H24BrNO3S/c1-12-4-3-5-16(13(12)2)20-17(21)10-23-18(22)11-24-15-8-6-14(19)7-9-15/h6-9,12-13,16H,3-5,10-11H2,1-2H3,(H,20,21)/t12-,13-,16-/m1/s1. The van der Waals surface area contributed by atoms with Gasteiger partial charge in [0.25, 0.3) is 5.91 Å². The van der Waals surface area contributed by atoms with E-state index in [1.54, 1.807) is 0 Å². The van der Waals surface area contributed by atoms with E-state index in [1.165, 1.54) is 18.2 Å². The molecule has 0 bridgehead atoms. The Balaban J connectivity index is 1.67. The van der Waals surface area contributed by atoms with Gasteiger partial charge in [0, 0.05) is 15.4 Å². The molecule has 0 radical (unpaired) electrons. The van der Waals surface area contributed by atoms with Gasteiger partial charge in [-0.25, -0.2) is 0 Å². The van der Waals surface area contributed by atoms with Gasteiger partial charge in [0.05, 0.1) is 5.75 Å². The maximum Gasteiger partial charge on any atom is 0.316 e. The molecule has 0 heterocycles. The zero-order valence-corrected chi connectivity index (χ0v) is 16.5. The van der Waals surface area contributed by atoms with Crippen molar-refractivity contribution >= 4 is 39.6 Å². The Morgan fingerprint density at radius 1 is 1.25 bits per heavy atom. The van der Waals surface area contributed by atoms with Crippen LogP contribution in [0.2, 0.25) is 0 Å². The fourth-order valence-corrected chi connectivity index (χ4v) is 3.86. The molecule has 132 valence electrons. The van der Waals surface area contributed by atoms with Crippen LogP contribution in [0.25, 0.3) is 0 Å². The number of hydrogen-bond acceptors (Lipinski definition) is 4. The molecule has 24 heavy (non-hydrogen) atoms. The van der Waals surface area contributed by atoms with Gasteiger partial charge >= 0.3 is 5.97 Å². The first kappa shape index (κ1) is 19.3. The minimum Gasteiger partial charge on any atom is -0.455 e. The molecule has 1 aromatic carbocycles. The summed E-state index contributed by atoms with van der Waals surface area (Å²) in [6.07, 6.45) is 3.36. The highest BCUT2D eigenvalue weighted by Gasteiger charge is 2.28. The average molecular weight is 414 g/mol. The van der Waals surface area contributed by atoms with Gasteiger partial charge in [-0.2, -0.15) is 0 Å². The van der Waals surface area contributed by atoms with Crippen LogP contribution in [-0.2, 0) is 14.3 Å². The lowest BCUT2D eigenvalue weighted by molar-refractivity contribution is -0.146. The van der Waals surface area contributed by atoms with Crippen LogP contribution in [-0.4, -0.2) is 30.3 Å². The highest BCUT2D eigenvalue weighted by atomic mass is 79.9. The first-order chi connectivity index (χ1) is 11.5. The third-order valence-corrected chi connectivity index (χ3v) is 6.10. The molecular formula is C18H24BrNO3S. The Kier molecular flexibility index (Phi) is 7.62. The second kappa shape index (κ2) is 9.47. The van der Waals surface area contributed by atoms with Crippen LogP contribution in [0.5, 0.6) is 0 Å². The van der Waals surface area contributed by atoms with Gasteiger partial charge in [-0.3, -0.25) is 9.59 Å². The molecule has 1 aliphatic rings. The number of nitrogens with one attached hydrogen (secondary N) is 1. The fourth-order valence-electron chi connectivity index (χ4n) is 2.89. The Morgan fingerprint density at radius 2 is 1.96 bits per heavy atom. The molecule has 0 aliphatic heterocycles. The van der Waals surface area contributed by atoms with Crippen LogP contribution in [0, 0.1) is 11.8 Å². The second-order valence-electron chi connectivity index (χ2n) is 6.34. The van der Waals surface area contributed by atoms with Crippen molar-refractivity contribution in [3.63, 3.8) is 0 Å². The largest absolute Gasteiger partial charge is 0.455 e. The Morgan fingerprint density at radius 3 is 2.67 bits per heavy atom. The van der Waals surface area contributed by atoms with Crippen molar-refractivity contribution in [1.82, 2.24) is 5.32 Å². The Labute approximate surface area is 156 Å². The van der Waals surface area contributed by atoms with E-state index >= 15 is 0 Å². The summed E-state index contributed by atoms with van der Waals surface area (Å²) in [6.45, 7) is 4.20. The maximum atomic E-state index is 12.0. The normalized spacial score (nSPS) is 23.5. The van der Waals surface area contributed by atoms with Crippen LogP contribution in [0.1, 0.15) is 33.1 Å². The molecule has 0 unspecified atom stereocenters. The van der Waals surface area contributed by atoms with Gasteiger partial charge in [-0.05, 0) is 42.5 Å². The van der Waals surface area contributed by atoms with Crippen molar-refractivity contribution < 1.29 is 14.3 Å². The lowest BCUT2D eigenvalue weighted by atomic mass is 9.78. The summed E-state index contributed by atoms with van der Waals surface area (Å²) in [5.41, 5.74) is 0. The van der Waals surface area contributed by atoms with E-state index in [4.69, 9.17) is 4.74 Å². The van der Waals surface area contributed by atoms with Crippen molar-refractivity contribution in [3.8, 4) is 0 Å². The lowest BCUT2D eigenvalue weighted by Gasteiger charge is -2.34. The van der Waals surface area contributed by atoms with Crippen LogP contribution < -0.4 is 5.32 Å². The van der Waals surface area contributed by atoms with Gasteiger partial charge in [0.15, 0.2) is 6.61 Å². The number of rotatable bonds is 6. The zero-order chi connectivity index (χ0) is 17.5. The Bertz CT molecular complexity index is 564. The van der Waals surface area contributed by atoms with Gasteiger partial charge in [-0.1, -0.05) is 42.6 Å². The van der Waals surface area contributed by atoms with Crippen LogP contribution >= 0.6 is 27.7 Å². The number of hydrogen-bond donors (Lipinski definition) is 1. The smallest absolute Gasteiger partial charge is 0.316 e. The fraction of sp³-hybridized carbons (Fsp3) is 0.556. The first-order valence-electron chi connectivity index (χ1n) is 8.29. The van der Waals surface area contributed by atoms with Crippen molar-refractivity contribution in [2.75, 3.05) is 12.4 Å². The first-order valence-corrected chi connectivity index (χ1v) is 10.1. The lowest BCUT2D eigenvalue weighted by Crippen LogP contribution is -2.45. The Hall–Kier alpha value is -1.01. The number of carbonyl (C=O) groups excluding carboxylic acids is 2. The molecule has 1 N–H and O–H groups in total. The van der Waals surface area contributed by atoms with E-state index in [1.807, 2.05) is 24.3 Å². The van der Waals surface area contributed by atoms with Gasteiger partial charge in [0.1, 0.15) is 0 Å². The van der Waals surface area contributed by atoms with Crippen LogP contribution in [0.15, 0.2) is 33.6 Å². The number of carbonyl (C=O) groups is 2. The van der Waals surface area contributed by atoms with E-state index < -0.39 is 0 Å². The van der Waals surface area contributed by atoms with Crippen LogP contribution in [0.3, 0.4) is 0 Å². The van der Waals surface area contributed by atoms with E-state index in [0.717, 1.165) is 22.2 Å². The van der Waals surface area contributed by atoms with Crippen LogP contribution in [0.4, 0.5) is 0 Å². The molecule has 1 aliphatic carbocycles. The summed E-state index contributed by atoms with van der Waals surface area (Å²) < 4.78 is 6.07. The molecule has 1 aromatic rings. The molecule has 0 spiro atoms. The third-order valence-electron chi connectivity index (χ3n) is 4.59.